The van der Waals surface area contributed by atoms with E-state index in [1.165, 1.54) is 12.3 Å². The van der Waals surface area contributed by atoms with Crippen LogP contribution in [0.4, 0.5) is 5.00 Å². The van der Waals surface area contributed by atoms with Crippen LogP contribution in [0.5, 0.6) is 0 Å². The molecule has 2 rings (SSSR count). The second-order valence-electron chi connectivity index (χ2n) is 5.59. The molecule has 0 aromatic carbocycles. The number of aliphatic carboxylic acids is 1. The number of anilines is 1. The summed E-state index contributed by atoms with van der Waals surface area (Å²) in [7, 11) is 0. The average molecular weight is 350 g/mol. The fourth-order valence-corrected chi connectivity index (χ4v) is 3.04. The maximum Gasteiger partial charge on any atom is 0.326 e. The highest BCUT2D eigenvalue weighted by molar-refractivity contribution is 7.18. The maximum absolute atomic E-state index is 12.3. The molecule has 2 amide bonds. The summed E-state index contributed by atoms with van der Waals surface area (Å²) in [5.41, 5.74) is 0.653. The van der Waals surface area contributed by atoms with Gasteiger partial charge in [-0.3, -0.25) is 9.59 Å². The summed E-state index contributed by atoms with van der Waals surface area (Å²) in [5.74, 6) is -2.06. The number of thiophene rings is 1. The Morgan fingerprint density at radius 2 is 1.96 bits per heavy atom. The lowest BCUT2D eigenvalue weighted by Crippen LogP contribution is -2.44. The van der Waals surface area contributed by atoms with E-state index in [2.05, 4.69) is 10.6 Å². The minimum Gasteiger partial charge on any atom is -0.480 e. The molecule has 3 N–H and O–H groups in total. The molecule has 0 spiro atoms. The fraction of sp³-hybridized carbons (Fsp3) is 0.312. The minimum atomic E-state index is -1.08. The van der Waals surface area contributed by atoms with E-state index in [0.29, 0.717) is 15.4 Å². The number of rotatable bonds is 6. The lowest BCUT2D eigenvalue weighted by atomic mass is 10.0. The van der Waals surface area contributed by atoms with Crippen LogP contribution in [0.2, 0.25) is 0 Å². The topological polar surface area (TPSA) is 109 Å². The van der Waals surface area contributed by atoms with Crippen LogP contribution in [-0.2, 0) is 4.79 Å². The van der Waals surface area contributed by atoms with Gasteiger partial charge >= 0.3 is 5.97 Å². The van der Waals surface area contributed by atoms with E-state index < -0.39 is 23.8 Å². The van der Waals surface area contributed by atoms with Crippen LogP contribution in [0.15, 0.2) is 28.9 Å². The van der Waals surface area contributed by atoms with Crippen molar-refractivity contribution in [2.45, 2.75) is 26.8 Å². The molecule has 1 atom stereocenters. The Labute approximate surface area is 142 Å². The Morgan fingerprint density at radius 1 is 1.25 bits per heavy atom. The molecular formula is C16H18N2O5S. The van der Waals surface area contributed by atoms with Crippen LogP contribution in [0.1, 0.15) is 39.6 Å². The minimum absolute atomic E-state index is 0.165. The summed E-state index contributed by atoms with van der Waals surface area (Å²) >= 11 is 1.08. The third kappa shape index (κ3) is 4.02. The zero-order chi connectivity index (χ0) is 17.9. The average Bonchev–Trinajstić information content (AvgIpc) is 3.13. The molecular weight excluding hydrogens is 332 g/mol. The van der Waals surface area contributed by atoms with Crippen LogP contribution < -0.4 is 10.6 Å². The normalized spacial score (nSPS) is 12.0. The van der Waals surface area contributed by atoms with Gasteiger partial charge in [0, 0.05) is 0 Å². The first kappa shape index (κ1) is 17.7. The summed E-state index contributed by atoms with van der Waals surface area (Å²) < 4.78 is 5.01. The van der Waals surface area contributed by atoms with Gasteiger partial charge in [-0.05, 0) is 36.6 Å². The Morgan fingerprint density at radius 3 is 2.50 bits per heavy atom. The number of carbonyl (C=O) groups is 3. The quantitative estimate of drug-likeness (QED) is 0.742. The first-order chi connectivity index (χ1) is 11.3. The lowest BCUT2D eigenvalue weighted by molar-refractivity contribution is -0.140. The molecule has 0 unspecified atom stereocenters. The molecule has 0 aliphatic rings. The molecule has 24 heavy (non-hydrogen) atoms. The zero-order valence-corrected chi connectivity index (χ0v) is 14.3. The molecule has 8 heteroatoms. The third-order valence-corrected chi connectivity index (χ3v) is 4.48. The largest absolute Gasteiger partial charge is 0.480 e. The van der Waals surface area contributed by atoms with E-state index in [1.54, 1.807) is 32.9 Å². The van der Waals surface area contributed by atoms with E-state index in [4.69, 9.17) is 9.52 Å². The second-order valence-corrected chi connectivity index (χ2v) is 6.64. The number of hydrogen-bond donors (Lipinski definition) is 3. The van der Waals surface area contributed by atoms with Gasteiger partial charge in [-0.1, -0.05) is 13.8 Å². The van der Waals surface area contributed by atoms with Gasteiger partial charge in [0.2, 0.25) is 0 Å². The Balaban J connectivity index is 2.11. The van der Waals surface area contributed by atoms with Crippen molar-refractivity contribution in [1.82, 2.24) is 5.32 Å². The molecule has 2 heterocycles. The van der Waals surface area contributed by atoms with Crippen LogP contribution in [-0.4, -0.2) is 28.9 Å². The summed E-state index contributed by atoms with van der Waals surface area (Å²) in [5, 5.41) is 14.8. The van der Waals surface area contributed by atoms with Gasteiger partial charge in [0.05, 0.1) is 16.1 Å². The zero-order valence-electron chi connectivity index (χ0n) is 13.5. The van der Waals surface area contributed by atoms with Crippen LogP contribution >= 0.6 is 11.3 Å². The van der Waals surface area contributed by atoms with Crippen molar-refractivity contribution >= 4 is 34.1 Å². The molecule has 0 radical (unpaired) electrons. The number of furan rings is 1. The third-order valence-electron chi connectivity index (χ3n) is 3.33. The summed E-state index contributed by atoms with van der Waals surface area (Å²) in [6, 6.07) is 3.82. The molecule has 0 saturated carbocycles. The van der Waals surface area contributed by atoms with Crippen LogP contribution in [0.25, 0.3) is 0 Å². The van der Waals surface area contributed by atoms with E-state index in [9.17, 15) is 14.4 Å². The van der Waals surface area contributed by atoms with E-state index in [1.807, 2.05) is 0 Å². The van der Waals surface area contributed by atoms with Gasteiger partial charge < -0.3 is 20.2 Å². The highest BCUT2D eigenvalue weighted by atomic mass is 32.1. The van der Waals surface area contributed by atoms with Crippen LogP contribution in [0, 0.1) is 12.8 Å². The van der Waals surface area contributed by atoms with Gasteiger partial charge in [-0.2, -0.15) is 0 Å². The highest BCUT2D eigenvalue weighted by Crippen LogP contribution is 2.27. The predicted molar refractivity (Wildman–Crippen MR) is 89.4 cm³/mol. The molecule has 0 aliphatic carbocycles. The first-order valence-corrected chi connectivity index (χ1v) is 8.10. The van der Waals surface area contributed by atoms with Gasteiger partial charge in [-0.25, -0.2) is 4.79 Å². The summed E-state index contributed by atoms with van der Waals surface area (Å²) in [6.45, 7) is 5.16. The maximum atomic E-state index is 12.3. The molecule has 2 aromatic rings. The molecule has 2 aromatic heterocycles. The molecule has 0 bridgehead atoms. The number of carboxylic acid groups (broad SMARTS) is 1. The summed E-state index contributed by atoms with van der Waals surface area (Å²) in [4.78, 5) is 35.8. The second kappa shape index (κ2) is 7.31. The Bertz CT molecular complexity index is 749. The number of hydrogen-bond acceptors (Lipinski definition) is 5. The predicted octanol–water partition coefficient (Wildman–Crippen LogP) is 2.74. The SMILES string of the molecule is Cc1cc(NC(=O)c2ccco2)sc1C(=O)N[C@@H](C(=O)O)C(C)C. The number of aryl methyl sites for hydroxylation is 1. The van der Waals surface area contributed by atoms with Gasteiger partial charge in [0.25, 0.3) is 11.8 Å². The van der Waals surface area contributed by atoms with Crippen molar-refractivity contribution in [3.63, 3.8) is 0 Å². The first-order valence-electron chi connectivity index (χ1n) is 7.28. The molecule has 0 fully saturated rings. The lowest BCUT2D eigenvalue weighted by Gasteiger charge is -2.17. The number of amides is 2. The van der Waals surface area contributed by atoms with Gasteiger partial charge in [-0.15, -0.1) is 11.3 Å². The highest BCUT2D eigenvalue weighted by Gasteiger charge is 2.25. The molecule has 0 saturated heterocycles. The van der Waals surface area contributed by atoms with Gasteiger partial charge in [0.1, 0.15) is 6.04 Å². The van der Waals surface area contributed by atoms with Crippen LogP contribution in [0.3, 0.4) is 0 Å². The van der Waals surface area contributed by atoms with Crippen molar-refractivity contribution in [3.05, 3.63) is 40.7 Å². The van der Waals surface area contributed by atoms with E-state index in [0.717, 1.165) is 11.3 Å². The molecule has 0 aliphatic heterocycles. The fourth-order valence-electron chi connectivity index (χ4n) is 2.07. The van der Waals surface area contributed by atoms with E-state index in [-0.39, 0.29) is 11.7 Å². The summed E-state index contributed by atoms with van der Waals surface area (Å²) in [6.07, 6.45) is 1.39. The van der Waals surface area contributed by atoms with Gasteiger partial charge in [0.15, 0.2) is 5.76 Å². The van der Waals surface area contributed by atoms with Crippen molar-refractivity contribution in [1.29, 1.82) is 0 Å². The van der Waals surface area contributed by atoms with Crippen molar-refractivity contribution in [2.24, 2.45) is 5.92 Å². The number of carbonyl (C=O) groups excluding carboxylic acids is 2. The van der Waals surface area contributed by atoms with Crippen molar-refractivity contribution in [2.75, 3.05) is 5.32 Å². The van der Waals surface area contributed by atoms with Crippen molar-refractivity contribution < 1.29 is 23.9 Å². The molecule has 7 nitrogen and oxygen atoms in total. The van der Waals surface area contributed by atoms with Crippen molar-refractivity contribution in [3.8, 4) is 0 Å². The Hall–Kier alpha value is -2.61. The number of nitrogens with one attached hydrogen (secondary N) is 2. The Kier molecular flexibility index (Phi) is 5.40. The smallest absolute Gasteiger partial charge is 0.326 e. The standard InChI is InChI=1S/C16H18N2O5S/c1-8(2)12(16(21)22)18-15(20)13-9(3)7-11(24-13)17-14(19)10-5-4-6-23-10/h4-8,12H,1-3H3,(H,17,19)(H,18,20)(H,21,22)/t12-/m1/s1. The number of carboxylic acids is 1. The monoisotopic (exact) mass is 350 g/mol. The van der Waals surface area contributed by atoms with E-state index >= 15 is 0 Å². The molecule has 128 valence electrons.